The zero-order chi connectivity index (χ0) is 24.7. The average Bonchev–Trinajstić information content (AvgIpc) is 3.51. The van der Waals surface area contributed by atoms with Gasteiger partial charge in [0.25, 0.3) is 0 Å². The number of aliphatic hydroxyl groups is 1. The second-order valence-electron chi connectivity index (χ2n) is 9.66. The number of aliphatic carboxylic acids is 1. The molecular formula is C26H28N2O7. The minimum absolute atomic E-state index is 0.0253. The van der Waals surface area contributed by atoms with Crippen molar-refractivity contribution in [1.29, 1.82) is 0 Å². The Morgan fingerprint density at radius 2 is 1.74 bits per heavy atom. The van der Waals surface area contributed by atoms with Crippen LogP contribution in [0.5, 0.6) is 0 Å². The highest BCUT2D eigenvalue weighted by molar-refractivity contribution is 5.89. The Labute approximate surface area is 202 Å². The van der Waals surface area contributed by atoms with Gasteiger partial charge in [0.15, 0.2) is 0 Å². The summed E-state index contributed by atoms with van der Waals surface area (Å²) in [5.41, 5.74) is 3.26. The summed E-state index contributed by atoms with van der Waals surface area (Å²) in [5.74, 6) is -1.73. The molecule has 3 N–H and O–H groups in total. The number of carbonyl (C=O) groups excluding carboxylic acids is 2. The largest absolute Gasteiger partial charge is 0.480 e. The topological polar surface area (TPSA) is 125 Å². The number of likely N-dealkylation sites (tertiary alicyclic amines) is 1. The number of fused-ring (bicyclic) bond motifs is 3. The molecule has 2 saturated heterocycles. The monoisotopic (exact) mass is 480 g/mol. The first-order valence-corrected chi connectivity index (χ1v) is 11.7. The fourth-order valence-electron chi connectivity index (χ4n) is 5.47. The van der Waals surface area contributed by atoms with Gasteiger partial charge in [0.1, 0.15) is 12.6 Å². The number of hydrogen-bond donors (Lipinski definition) is 3. The first-order chi connectivity index (χ1) is 16.8. The van der Waals surface area contributed by atoms with Crippen LogP contribution in [0.25, 0.3) is 11.1 Å². The SMILES string of the molecule is CC1(C(=O)N2CC(O)CC2C(=O)O)COCC1NC(=O)OCC1c2ccccc2-c2ccccc21. The predicted molar refractivity (Wildman–Crippen MR) is 125 cm³/mol. The Morgan fingerprint density at radius 1 is 1.11 bits per heavy atom. The van der Waals surface area contributed by atoms with Gasteiger partial charge in [0.05, 0.1) is 30.8 Å². The van der Waals surface area contributed by atoms with Gasteiger partial charge in [-0.15, -0.1) is 0 Å². The summed E-state index contributed by atoms with van der Waals surface area (Å²) in [6.45, 7) is 1.83. The first-order valence-electron chi connectivity index (χ1n) is 11.7. The number of amides is 2. The van der Waals surface area contributed by atoms with Crippen molar-refractivity contribution in [2.75, 3.05) is 26.4 Å². The normalized spacial score (nSPS) is 27.4. The zero-order valence-electron chi connectivity index (χ0n) is 19.3. The molecule has 184 valence electrons. The number of carboxylic acid groups (broad SMARTS) is 1. The predicted octanol–water partition coefficient (Wildman–Crippen LogP) is 1.98. The van der Waals surface area contributed by atoms with Gasteiger partial charge in [-0.25, -0.2) is 9.59 Å². The van der Waals surface area contributed by atoms with Gasteiger partial charge in [0.2, 0.25) is 5.91 Å². The van der Waals surface area contributed by atoms with Crippen LogP contribution in [0.2, 0.25) is 0 Å². The summed E-state index contributed by atoms with van der Waals surface area (Å²) in [4.78, 5) is 38.9. The molecule has 0 aromatic heterocycles. The second kappa shape index (κ2) is 8.98. The number of nitrogens with one attached hydrogen (secondary N) is 1. The maximum absolute atomic E-state index is 13.3. The van der Waals surface area contributed by atoms with Crippen LogP contribution in [-0.4, -0.2) is 77.6 Å². The quantitative estimate of drug-likeness (QED) is 0.598. The fourth-order valence-corrected chi connectivity index (χ4v) is 5.47. The maximum Gasteiger partial charge on any atom is 0.407 e. The highest BCUT2D eigenvalue weighted by Gasteiger charge is 2.52. The lowest BCUT2D eigenvalue weighted by Gasteiger charge is -2.34. The number of β-amino-alcohol motifs (C(OH)–C–C–N with tert-alkyl or cyclic N) is 1. The molecule has 0 bridgehead atoms. The van der Waals surface area contributed by atoms with Crippen molar-refractivity contribution in [1.82, 2.24) is 10.2 Å². The van der Waals surface area contributed by atoms with Crippen LogP contribution in [0, 0.1) is 5.41 Å². The third-order valence-corrected chi connectivity index (χ3v) is 7.40. The molecule has 5 rings (SSSR count). The van der Waals surface area contributed by atoms with Gasteiger partial charge in [-0.2, -0.15) is 0 Å². The van der Waals surface area contributed by atoms with Crippen LogP contribution < -0.4 is 5.32 Å². The molecule has 3 aliphatic rings. The van der Waals surface area contributed by atoms with E-state index < -0.39 is 41.6 Å². The molecular weight excluding hydrogens is 452 g/mol. The van der Waals surface area contributed by atoms with E-state index in [-0.39, 0.29) is 38.7 Å². The van der Waals surface area contributed by atoms with Crippen molar-refractivity contribution in [2.45, 2.75) is 37.5 Å². The molecule has 2 aromatic rings. The van der Waals surface area contributed by atoms with E-state index in [1.165, 1.54) is 4.90 Å². The van der Waals surface area contributed by atoms with Crippen molar-refractivity contribution in [3.8, 4) is 11.1 Å². The van der Waals surface area contributed by atoms with E-state index in [0.29, 0.717) is 0 Å². The minimum Gasteiger partial charge on any atom is -0.480 e. The molecule has 35 heavy (non-hydrogen) atoms. The van der Waals surface area contributed by atoms with E-state index in [1.807, 2.05) is 36.4 Å². The number of hydrogen-bond acceptors (Lipinski definition) is 6. The van der Waals surface area contributed by atoms with Gasteiger partial charge >= 0.3 is 12.1 Å². The second-order valence-corrected chi connectivity index (χ2v) is 9.66. The average molecular weight is 481 g/mol. The Kier molecular flexibility index (Phi) is 5.98. The third kappa shape index (κ3) is 4.04. The summed E-state index contributed by atoms with van der Waals surface area (Å²) >= 11 is 0. The highest BCUT2D eigenvalue weighted by Crippen LogP contribution is 2.44. The molecule has 0 radical (unpaired) electrons. The van der Waals surface area contributed by atoms with Gasteiger partial charge in [-0.05, 0) is 29.2 Å². The molecule has 0 spiro atoms. The van der Waals surface area contributed by atoms with Crippen LogP contribution in [0.1, 0.15) is 30.4 Å². The van der Waals surface area contributed by atoms with Crippen LogP contribution in [0.3, 0.4) is 0 Å². The molecule has 2 heterocycles. The summed E-state index contributed by atoms with van der Waals surface area (Å²) in [7, 11) is 0. The Bertz CT molecular complexity index is 1120. The summed E-state index contributed by atoms with van der Waals surface area (Å²) in [6, 6.07) is 14.3. The lowest BCUT2D eigenvalue weighted by molar-refractivity contribution is -0.153. The van der Waals surface area contributed by atoms with Gasteiger partial charge in [-0.3, -0.25) is 4.79 Å². The lowest BCUT2D eigenvalue weighted by Crippen LogP contribution is -2.56. The number of benzene rings is 2. The Morgan fingerprint density at radius 3 is 2.37 bits per heavy atom. The van der Waals surface area contributed by atoms with Crippen LogP contribution in [0.4, 0.5) is 4.79 Å². The Hall–Kier alpha value is -3.43. The molecule has 0 saturated carbocycles. The van der Waals surface area contributed by atoms with Gasteiger partial charge in [0, 0.05) is 18.9 Å². The molecule has 9 nitrogen and oxygen atoms in total. The molecule has 2 amide bonds. The molecule has 2 aliphatic heterocycles. The van der Waals surface area contributed by atoms with Gasteiger partial charge in [-0.1, -0.05) is 48.5 Å². The number of ether oxygens (including phenoxy) is 2. The van der Waals surface area contributed by atoms with Crippen LogP contribution in [0.15, 0.2) is 48.5 Å². The highest BCUT2D eigenvalue weighted by atomic mass is 16.5. The lowest BCUT2D eigenvalue weighted by atomic mass is 9.83. The number of carbonyl (C=O) groups is 3. The van der Waals surface area contributed by atoms with Crippen LogP contribution in [-0.2, 0) is 19.1 Å². The van der Waals surface area contributed by atoms with E-state index in [9.17, 15) is 24.6 Å². The smallest absolute Gasteiger partial charge is 0.407 e. The minimum atomic E-state index is -1.18. The molecule has 4 unspecified atom stereocenters. The van der Waals surface area contributed by atoms with Crippen molar-refractivity contribution in [3.63, 3.8) is 0 Å². The number of aliphatic hydroxyl groups excluding tert-OH is 1. The van der Waals surface area contributed by atoms with Gasteiger partial charge < -0.3 is 29.9 Å². The summed E-state index contributed by atoms with van der Waals surface area (Å²) in [5, 5.41) is 22.2. The molecule has 2 aromatic carbocycles. The van der Waals surface area contributed by atoms with E-state index in [1.54, 1.807) is 6.92 Å². The fraction of sp³-hybridized carbons (Fsp3) is 0.423. The standard InChI is InChI=1S/C26H28N2O7/c1-26(24(32)28-11-15(29)10-21(28)23(30)31)14-34-13-22(26)27-25(33)35-12-20-18-8-4-2-6-16(18)17-7-3-5-9-19(17)20/h2-9,15,20-22,29H,10-14H2,1H3,(H,27,33)(H,30,31). The van der Waals surface area contributed by atoms with E-state index in [2.05, 4.69) is 17.4 Å². The Balaban J connectivity index is 1.26. The van der Waals surface area contributed by atoms with Crippen LogP contribution >= 0.6 is 0 Å². The molecule has 1 aliphatic carbocycles. The van der Waals surface area contributed by atoms with Crippen molar-refractivity contribution in [3.05, 3.63) is 59.7 Å². The van der Waals surface area contributed by atoms with Crippen molar-refractivity contribution < 1.29 is 34.1 Å². The van der Waals surface area contributed by atoms with Crippen molar-refractivity contribution in [2.24, 2.45) is 5.41 Å². The molecule has 4 atom stereocenters. The molecule has 2 fully saturated rings. The number of carboxylic acids is 1. The van der Waals surface area contributed by atoms with E-state index in [0.717, 1.165) is 22.3 Å². The first kappa shape index (κ1) is 23.3. The zero-order valence-corrected chi connectivity index (χ0v) is 19.3. The van der Waals surface area contributed by atoms with Crippen molar-refractivity contribution >= 4 is 18.0 Å². The maximum atomic E-state index is 13.3. The summed E-state index contributed by atoms with van der Waals surface area (Å²) in [6.07, 6.45) is -1.60. The van der Waals surface area contributed by atoms with E-state index >= 15 is 0 Å². The third-order valence-electron chi connectivity index (χ3n) is 7.40. The number of nitrogens with zero attached hydrogens (tertiary/aromatic N) is 1. The summed E-state index contributed by atoms with van der Waals surface area (Å²) < 4.78 is 11.1. The van der Waals surface area contributed by atoms with E-state index in [4.69, 9.17) is 9.47 Å². The number of alkyl carbamates (subject to hydrolysis) is 1. The number of rotatable bonds is 5. The molecule has 9 heteroatoms.